The summed E-state index contributed by atoms with van der Waals surface area (Å²) in [7, 11) is 1.58. The zero-order chi connectivity index (χ0) is 14.7. The molecule has 0 heterocycles. The van der Waals surface area contributed by atoms with Gasteiger partial charge in [0, 0.05) is 12.7 Å². The molecule has 0 fully saturated rings. The summed E-state index contributed by atoms with van der Waals surface area (Å²) >= 11 is 0. The summed E-state index contributed by atoms with van der Waals surface area (Å²) in [6.07, 6.45) is -0.544. The third kappa shape index (κ3) is 2.81. The predicted octanol–water partition coefficient (Wildman–Crippen LogP) is 4.18. The van der Waals surface area contributed by atoms with Gasteiger partial charge in [-0.15, -0.1) is 0 Å². The van der Waals surface area contributed by atoms with Crippen molar-refractivity contribution >= 4 is 5.78 Å². The zero-order valence-electron chi connectivity index (χ0n) is 12.4. The van der Waals surface area contributed by atoms with Crippen molar-refractivity contribution in [1.82, 2.24) is 0 Å². The number of Topliss-reactive ketones (excluding diaryl/α,β-unsaturated/α-hetero) is 1. The lowest BCUT2D eigenvalue weighted by Gasteiger charge is -2.17. The molecule has 0 saturated heterocycles. The van der Waals surface area contributed by atoms with E-state index in [9.17, 15) is 4.79 Å². The number of ketones is 1. The summed E-state index contributed by atoms with van der Waals surface area (Å²) in [4.78, 5) is 12.7. The standard InChI is InChI=1S/C18H20O2/c1-12-10-14(3)16(11-13(12)2)17(19)18(20-4)15-8-6-5-7-9-15/h5-11,18H,1-4H3. The van der Waals surface area contributed by atoms with Crippen molar-refractivity contribution in [2.75, 3.05) is 7.11 Å². The Hall–Kier alpha value is -1.93. The molecule has 0 aromatic heterocycles. The van der Waals surface area contributed by atoms with E-state index in [2.05, 4.69) is 13.0 Å². The van der Waals surface area contributed by atoms with Crippen LogP contribution in [-0.4, -0.2) is 12.9 Å². The molecule has 0 saturated carbocycles. The molecule has 2 aromatic rings. The van der Waals surface area contributed by atoms with E-state index in [0.29, 0.717) is 0 Å². The van der Waals surface area contributed by atoms with Gasteiger partial charge in [-0.1, -0.05) is 36.4 Å². The molecular weight excluding hydrogens is 248 g/mol. The van der Waals surface area contributed by atoms with Gasteiger partial charge in [-0.25, -0.2) is 0 Å². The Morgan fingerprint density at radius 3 is 2.15 bits per heavy atom. The summed E-state index contributed by atoms with van der Waals surface area (Å²) < 4.78 is 5.43. The number of hydrogen-bond donors (Lipinski definition) is 0. The molecule has 0 radical (unpaired) electrons. The minimum atomic E-state index is -0.544. The highest BCUT2D eigenvalue weighted by Crippen LogP contribution is 2.25. The van der Waals surface area contributed by atoms with Gasteiger partial charge in [0.15, 0.2) is 5.78 Å². The lowest BCUT2D eigenvalue weighted by atomic mass is 9.93. The largest absolute Gasteiger partial charge is 0.369 e. The molecule has 0 N–H and O–H groups in total. The van der Waals surface area contributed by atoms with Crippen LogP contribution in [0.4, 0.5) is 0 Å². The number of benzene rings is 2. The summed E-state index contributed by atoms with van der Waals surface area (Å²) in [5.74, 6) is 0.0132. The molecule has 0 spiro atoms. The number of rotatable bonds is 4. The van der Waals surface area contributed by atoms with E-state index in [1.54, 1.807) is 7.11 Å². The number of methoxy groups -OCH3 is 1. The molecule has 2 aromatic carbocycles. The highest BCUT2D eigenvalue weighted by molar-refractivity contribution is 6.01. The first-order valence-electron chi connectivity index (χ1n) is 6.74. The first-order chi connectivity index (χ1) is 9.54. The van der Waals surface area contributed by atoms with Crippen molar-refractivity contribution in [3.63, 3.8) is 0 Å². The summed E-state index contributed by atoms with van der Waals surface area (Å²) in [6.45, 7) is 6.05. The number of hydrogen-bond acceptors (Lipinski definition) is 2. The van der Waals surface area contributed by atoms with E-state index in [1.807, 2.05) is 50.2 Å². The molecule has 1 unspecified atom stereocenters. The Morgan fingerprint density at radius 2 is 1.55 bits per heavy atom. The average Bonchev–Trinajstić information content (AvgIpc) is 2.44. The Morgan fingerprint density at radius 1 is 0.950 bits per heavy atom. The van der Waals surface area contributed by atoms with Crippen LogP contribution in [0.1, 0.15) is 38.7 Å². The molecule has 0 aliphatic carbocycles. The van der Waals surface area contributed by atoms with E-state index in [1.165, 1.54) is 5.56 Å². The Labute approximate surface area is 120 Å². The molecule has 2 nitrogen and oxygen atoms in total. The molecule has 0 amide bonds. The second kappa shape index (κ2) is 6.02. The molecule has 0 aliphatic rings. The van der Waals surface area contributed by atoms with Crippen molar-refractivity contribution in [2.45, 2.75) is 26.9 Å². The zero-order valence-corrected chi connectivity index (χ0v) is 12.4. The van der Waals surface area contributed by atoms with Crippen molar-refractivity contribution in [2.24, 2.45) is 0 Å². The first-order valence-corrected chi connectivity index (χ1v) is 6.74. The Kier molecular flexibility index (Phi) is 4.35. The smallest absolute Gasteiger partial charge is 0.196 e. The van der Waals surface area contributed by atoms with Gasteiger partial charge < -0.3 is 4.74 Å². The normalized spacial score (nSPS) is 12.2. The van der Waals surface area contributed by atoms with Gasteiger partial charge in [-0.2, -0.15) is 0 Å². The van der Waals surface area contributed by atoms with E-state index < -0.39 is 6.10 Å². The highest BCUT2D eigenvalue weighted by atomic mass is 16.5. The maximum absolute atomic E-state index is 12.7. The molecule has 104 valence electrons. The Bertz CT molecular complexity index is 615. The predicted molar refractivity (Wildman–Crippen MR) is 81.2 cm³/mol. The third-order valence-corrected chi connectivity index (χ3v) is 3.68. The van der Waals surface area contributed by atoms with Crippen LogP contribution in [0.15, 0.2) is 42.5 Å². The lowest BCUT2D eigenvalue weighted by molar-refractivity contribution is 0.0603. The van der Waals surface area contributed by atoms with E-state index >= 15 is 0 Å². The van der Waals surface area contributed by atoms with Crippen LogP contribution < -0.4 is 0 Å². The van der Waals surface area contributed by atoms with Crippen LogP contribution in [-0.2, 0) is 4.74 Å². The minimum absolute atomic E-state index is 0.0132. The summed E-state index contributed by atoms with van der Waals surface area (Å²) in [5.41, 5.74) is 4.95. The second-order valence-electron chi connectivity index (χ2n) is 5.14. The number of carbonyl (C=O) groups is 1. The van der Waals surface area contributed by atoms with Crippen LogP contribution in [0.5, 0.6) is 0 Å². The summed E-state index contributed by atoms with van der Waals surface area (Å²) in [5, 5.41) is 0. The highest BCUT2D eigenvalue weighted by Gasteiger charge is 2.23. The molecule has 2 rings (SSSR count). The first kappa shape index (κ1) is 14.5. The number of ether oxygens (including phenoxy) is 1. The Balaban J connectivity index is 2.42. The van der Waals surface area contributed by atoms with Crippen LogP contribution >= 0.6 is 0 Å². The SMILES string of the molecule is COC(C(=O)c1cc(C)c(C)cc1C)c1ccccc1. The monoisotopic (exact) mass is 268 g/mol. The fraction of sp³-hybridized carbons (Fsp3) is 0.278. The molecule has 0 bridgehead atoms. The van der Waals surface area contributed by atoms with Crippen LogP contribution in [0, 0.1) is 20.8 Å². The van der Waals surface area contributed by atoms with Gasteiger partial charge in [-0.3, -0.25) is 4.79 Å². The molecule has 20 heavy (non-hydrogen) atoms. The van der Waals surface area contributed by atoms with Gasteiger partial charge in [0.25, 0.3) is 0 Å². The van der Waals surface area contributed by atoms with Crippen molar-refractivity contribution < 1.29 is 9.53 Å². The number of aryl methyl sites for hydroxylation is 3. The fourth-order valence-corrected chi connectivity index (χ4v) is 2.39. The molecular formula is C18H20O2. The number of carbonyl (C=O) groups excluding carboxylic acids is 1. The van der Waals surface area contributed by atoms with Crippen molar-refractivity contribution in [1.29, 1.82) is 0 Å². The third-order valence-electron chi connectivity index (χ3n) is 3.68. The second-order valence-corrected chi connectivity index (χ2v) is 5.14. The van der Waals surface area contributed by atoms with Crippen molar-refractivity contribution in [3.8, 4) is 0 Å². The maximum atomic E-state index is 12.7. The van der Waals surface area contributed by atoms with Crippen LogP contribution in [0.2, 0.25) is 0 Å². The van der Waals surface area contributed by atoms with E-state index in [4.69, 9.17) is 4.74 Å². The van der Waals surface area contributed by atoms with E-state index in [-0.39, 0.29) is 5.78 Å². The lowest BCUT2D eigenvalue weighted by Crippen LogP contribution is -2.16. The molecule has 0 aliphatic heterocycles. The van der Waals surface area contributed by atoms with Crippen LogP contribution in [0.25, 0.3) is 0 Å². The van der Waals surface area contributed by atoms with Crippen LogP contribution in [0.3, 0.4) is 0 Å². The van der Waals surface area contributed by atoms with Gasteiger partial charge in [0.2, 0.25) is 0 Å². The topological polar surface area (TPSA) is 26.3 Å². The minimum Gasteiger partial charge on any atom is -0.369 e. The van der Waals surface area contributed by atoms with Gasteiger partial charge in [-0.05, 0) is 49.1 Å². The fourth-order valence-electron chi connectivity index (χ4n) is 2.39. The molecule has 1 atom stereocenters. The quantitative estimate of drug-likeness (QED) is 0.777. The molecule has 2 heteroatoms. The summed E-state index contributed by atoms with van der Waals surface area (Å²) in [6, 6.07) is 13.6. The van der Waals surface area contributed by atoms with Gasteiger partial charge in [0.05, 0.1) is 0 Å². The van der Waals surface area contributed by atoms with Crippen molar-refractivity contribution in [3.05, 3.63) is 70.3 Å². The van der Waals surface area contributed by atoms with E-state index in [0.717, 1.165) is 22.3 Å². The van der Waals surface area contributed by atoms with Gasteiger partial charge >= 0.3 is 0 Å². The van der Waals surface area contributed by atoms with Gasteiger partial charge in [0.1, 0.15) is 6.10 Å². The maximum Gasteiger partial charge on any atom is 0.196 e. The average molecular weight is 268 g/mol.